The van der Waals surface area contributed by atoms with Gasteiger partial charge >= 0.3 is 5.97 Å². The maximum absolute atomic E-state index is 10.1. The molecule has 0 radical (unpaired) electrons. The molecule has 0 aromatic rings. The number of carboxylic acid groups (broad SMARTS) is 1. The predicted octanol–water partition coefficient (Wildman–Crippen LogP) is 2.34. The minimum atomic E-state index is -0.691. The second kappa shape index (κ2) is 9.26. The molecule has 0 aromatic carbocycles. The molecule has 0 atom stereocenters. The molecule has 0 aromatic heterocycles. The lowest BCUT2D eigenvalue weighted by Crippen LogP contribution is -1.97. The number of aliphatic carboxylic acids is 1. The van der Waals surface area contributed by atoms with Crippen molar-refractivity contribution in [2.24, 2.45) is 0 Å². The van der Waals surface area contributed by atoms with E-state index in [9.17, 15) is 4.79 Å². The second-order valence-corrected chi connectivity index (χ2v) is 4.82. The van der Waals surface area contributed by atoms with Crippen LogP contribution in [0.2, 0.25) is 0 Å². The Bertz CT molecular complexity index is 118. The average molecular weight is 208 g/mol. The standard InChI is InChI=1S/C8H16O2S2/c1-2-4-11-6-7-12-5-3-8(9)10/h2-7H2,1H3,(H,9,10). The number of thioether (sulfide) groups is 2. The molecule has 0 bridgehead atoms. The van der Waals surface area contributed by atoms with E-state index in [-0.39, 0.29) is 0 Å². The second-order valence-electron chi connectivity index (χ2n) is 2.37. The highest BCUT2D eigenvalue weighted by atomic mass is 32.2. The van der Waals surface area contributed by atoms with Crippen LogP contribution in [-0.4, -0.2) is 34.1 Å². The number of carbonyl (C=O) groups is 1. The number of hydrogen-bond donors (Lipinski definition) is 1. The van der Waals surface area contributed by atoms with Gasteiger partial charge in [-0.3, -0.25) is 4.79 Å². The van der Waals surface area contributed by atoms with E-state index in [1.54, 1.807) is 11.8 Å². The van der Waals surface area contributed by atoms with Crippen molar-refractivity contribution in [2.45, 2.75) is 19.8 Å². The lowest BCUT2D eigenvalue weighted by molar-refractivity contribution is -0.136. The molecule has 0 aliphatic rings. The number of rotatable bonds is 8. The van der Waals surface area contributed by atoms with E-state index in [2.05, 4.69) is 6.92 Å². The fourth-order valence-electron chi connectivity index (χ4n) is 0.626. The van der Waals surface area contributed by atoms with Crippen LogP contribution in [0.3, 0.4) is 0 Å². The Morgan fingerprint density at radius 3 is 2.25 bits per heavy atom. The Morgan fingerprint density at radius 2 is 1.75 bits per heavy atom. The van der Waals surface area contributed by atoms with Crippen molar-refractivity contribution < 1.29 is 9.90 Å². The van der Waals surface area contributed by atoms with Gasteiger partial charge in [0.1, 0.15) is 0 Å². The zero-order chi connectivity index (χ0) is 9.23. The quantitative estimate of drug-likeness (QED) is 0.621. The lowest BCUT2D eigenvalue weighted by atomic mass is 10.5. The van der Waals surface area contributed by atoms with Crippen molar-refractivity contribution in [3.8, 4) is 0 Å². The molecule has 0 heterocycles. The molecule has 0 rings (SSSR count). The molecule has 0 spiro atoms. The summed E-state index contributed by atoms with van der Waals surface area (Å²) in [5, 5.41) is 8.34. The Labute approximate surface area is 82.5 Å². The molecule has 0 aliphatic heterocycles. The maximum Gasteiger partial charge on any atom is 0.304 e. The molecule has 0 unspecified atom stereocenters. The molecule has 0 amide bonds. The highest BCUT2D eigenvalue weighted by molar-refractivity contribution is 8.02. The molecule has 0 saturated heterocycles. The average Bonchev–Trinajstić information content (AvgIpc) is 2.02. The summed E-state index contributed by atoms with van der Waals surface area (Å²) in [6, 6.07) is 0. The first-order valence-corrected chi connectivity index (χ1v) is 6.45. The monoisotopic (exact) mass is 208 g/mol. The first-order chi connectivity index (χ1) is 5.77. The van der Waals surface area contributed by atoms with Gasteiger partial charge in [-0.25, -0.2) is 0 Å². The molecule has 12 heavy (non-hydrogen) atoms. The Balaban J connectivity index is 2.86. The van der Waals surface area contributed by atoms with Gasteiger partial charge in [-0.05, 0) is 12.2 Å². The van der Waals surface area contributed by atoms with Gasteiger partial charge in [-0.2, -0.15) is 23.5 Å². The number of hydrogen-bond acceptors (Lipinski definition) is 3. The largest absolute Gasteiger partial charge is 0.481 e. The predicted molar refractivity (Wildman–Crippen MR) is 57.2 cm³/mol. The van der Waals surface area contributed by atoms with Crippen molar-refractivity contribution >= 4 is 29.5 Å². The summed E-state index contributed by atoms with van der Waals surface area (Å²) < 4.78 is 0. The van der Waals surface area contributed by atoms with Gasteiger partial charge in [0, 0.05) is 17.3 Å². The van der Waals surface area contributed by atoms with Crippen LogP contribution in [0, 0.1) is 0 Å². The van der Waals surface area contributed by atoms with Crippen molar-refractivity contribution in [3.05, 3.63) is 0 Å². The van der Waals surface area contributed by atoms with Gasteiger partial charge in [0.25, 0.3) is 0 Å². The topological polar surface area (TPSA) is 37.3 Å². The van der Waals surface area contributed by atoms with E-state index in [0.29, 0.717) is 6.42 Å². The smallest absolute Gasteiger partial charge is 0.304 e. The summed E-state index contributed by atoms with van der Waals surface area (Å²) in [4.78, 5) is 10.1. The van der Waals surface area contributed by atoms with E-state index in [0.717, 1.165) is 17.3 Å². The fraction of sp³-hybridized carbons (Fsp3) is 0.875. The van der Waals surface area contributed by atoms with Crippen LogP contribution in [-0.2, 0) is 4.79 Å². The van der Waals surface area contributed by atoms with Crippen molar-refractivity contribution in [1.29, 1.82) is 0 Å². The van der Waals surface area contributed by atoms with Crippen molar-refractivity contribution in [2.75, 3.05) is 23.0 Å². The zero-order valence-corrected chi connectivity index (χ0v) is 9.05. The van der Waals surface area contributed by atoms with E-state index in [1.165, 1.54) is 12.2 Å². The van der Waals surface area contributed by atoms with E-state index >= 15 is 0 Å². The van der Waals surface area contributed by atoms with Gasteiger partial charge < -0.3 is 5.11 Å². The minimum absolute atomic E-state index is 0.295. The summed E-state index contributed by atoms with van der Waals surface area (Å²) in [6.07, 6.45) is 1.52. The maximum atomic E-state index is 10.1. The summed E-state index contributed by atoms with van der Waals surface area (Å²) in [5.41, 5.74) is 0. The third kappa shape index (κ3) is 10.2. The molecule has 4 heteroatoms. The molecule has 72 valence electrons. The Hall–Kier alpha value is 0.170. The lowest BCUT2D eigenvalue weighted by Gasteiger charge is -1.98. The van der Waals surface area contributed by atoms with Crippen molar-refractivity contribution in [3.63, 3.8) is 0 Å². The van der Waals surface area contributed by atoms with Gasteiger partial charge in [0.2, 0.25) is 0 Å². The van der Waals surface area contributed by atoms with Gasteiger partial charge in [0.05, 0.1) is 6.42 Å². The highest BCUT2D eigenvalue weighted by Crippen LogP contribution is 2.08. The zero-order valence-electron chi connectivity index (χ0n) is 7.41. The molecule has 0 aliphatic carbocycles. The molecule has 1 N–H and O–H groups in total. The Morgan fingerprint density at radius 1 is 1.17 bits per heavy atom. The Kier molecular flexibility index (Phi) is 9.39. The summed E-state index contributed by atoms with van der Waals surface area (Å²) >= 11 is 3.67. The van der Waals surface area contributed by atoms with Crippen LogP contribution in [0.15, 0.2) is 0 Å². The molecule has 0 fully saturated rings. The fourth-order valence-corrected chi connectivity index (χ4v) is 2.58. The SMILES string of the molecule is CCCSCCSCCC(=O)O. The van der Waals surface area contributed by atoms with Crippen LogP contribution >= 0.6 is 23.5 Å². The third-order valence-corrected chi connectivity index (χ3v) is 3.61. The molecular weight excluding hydrogens is 192 g/mol. The van der Waals surface area contributed by atoms with Crippen LogP contribution in [0.4, 0.5) is 0 Å². The van der Waals surface area contributed by atoms with Crippen LogP contribution in [0.5, 0.6) is 0 Å². The van der Waals surface area contributed by atoms with Crippen LogP contribution < -0.4 is 0 Å². The minimum Gasteiger partial charge on any atom is -0.481 e. The molecule has 0 saturated carbocycles. The van der Waals surface area contributed by atoms with Crippen LogP contribution in [0.25, 0.3) is 0 Å². The van der Waals surface area contributed by atoms with Crippen molar-refractivity contribution in [1.82, 2.24) is 0 Å². The first kappa shape index (κ1) is 12.2. The molecule has 2 nitrogen and oxygen atoms in total. The van der Waals surface area contributed by atoms with E-state index in [4.69, 9.17) is 5.11 Å². The molecular formula is C8H16O2S2. The summed E-state index contributed by atoms with van der Waals surface area (Å²) in [7, 11) is 0. The van der Waals surface area contributed by atoms with Gasteiger partial charge in [-0.15, -0.1) is 0 Å². The number of carboxylic acids is 1. The van der Waals surface area contributed by atoms with Crippen LogP contribution in [0.1, 0.15) is 19.8 Å². The van der Waals surface area contributed by atoms with E-state index in [1.807, 2.05) is 11.8 Å². The van der Waals surface area contributed by atoms with Gasteiger partial charge in [0.15, 0.2) is 0 Å². The third-order valence-electron chi connectivity index (χ3n) is 1.18. The van der Waals surface area contributed by atoms with Gasteiger partial charge in [-0.1, -0.05) is 6.92 Å². The highest BCUT2D eigenvalue weighted by Gasteiger charge is 1.95. The first-order valence-electron chi connectivity index (χ1n) is 4.14. The summed E-state index contributed by atoms with van der Waals surface area (Å²) in [5.74, 6) is 3.51. The van der Waals surface area contributed by atoms with E-state index < -0.39 is 5.97 Å². The normalized spacial score (nSPS) is 10.1. The summed E-state index contributed by atoms with van der Waals surface area (Å²) in [6.45, 7) is 2.17.